The van der Waals surface area contributed by atoms with Gasteiger partial charge in [0.2, 0.25) is 5.28 Å². The number of rotatable bonds is 3. The molecule has 6 heteroatoms. The Morgan fingerprint density at radius 2 is 2.40 bits per heavy atom. The van der Waals surface area contributed by atoms with Crippen molar-refractivity contribution in [2.45, 2.75) is 6.54 Å². The average molecular weight is 225 g/mol. The molecule has 0 N–H and O–H groups in total. The lowest BCUT2D eigenvalue weighted by Gasteiger charge is -2.07. The summed E-state index contributed by atoms with van der Waals surface area (Å²) in [6, 6.07) is 1.80. The van der Waals surface area contributed by atoms with Crippen molar-refractivity contribution in [3.8, 4) is 5.75 Å². The standard InChI is InChI=1S/C9H9ClN4O/c1-15-8-2-3-11-4-7(8)5-14-6-12-13-9(14)10/h2-4,6H,5H2,1H3. The van der Waals surface area contributed by atoms with Crippen LogP contribution in [-0.4, -0.2) is 26.9 Å². The molecule has 2 heterocycles. The van der Waals surface area contributed by atoms with Crippen LogP contribution in [0.2, 0.25) is 5.28 Å². The van der Waals surface area contributed by atoms with E-state index >= 15 is 0 Å². The Hall–Kier alpha value is -1.62. The molecule has 0 atom stereocenters. The number of hydrogen-bond acceptors (Lipinski definition) is 4. The van der Waals surface area contributed by atoms with E-state index in [2.05, 4.69) is 15.2 Å². The van der Waals surface area contributed by atoms with E-state index in [9.17, 15) is 0 Å². The Balaban J connectivity index is 2.28. The van der Waals surface area contributed by atoms with Crippen molar-refractivity contribution in [3.05, 3.63) is 35.6 Å². The molecule has 0 fully saturated rings. The maximum absolute atomic E-state index is 5.81. The molecule has 0 saturated heterocycles. The fourth-order valence-electron chi connectivity index (χ4n) is 1.26. The van der Waals surface area contributed by atoms with Crippen LogP contribution in [0.3, 0.4) is 0 Å². The van der Waals surface area contributed by atoms with E-state index in [1.165, 1.54) is 0 Å². The van der Waals surface area contributed by atoms with Crippen LogP contribution in [0.25, 0.3) is 0 Å². The number of nitrogens with zero attached hydrogens (tertiary/aromatic N) is 4. The van der Waals surface area contributed by atoms with E-state index < -0.39 is 0 Å². The quantitative estimate of drug-likeness (QED) is 0.791. The van der Waals surface area contributed by atoms with E-state index in [1.807, 2.05) is 0 Å². The Kier molecular flexibility index (Phi) is 2.82. The number of ether oxygens (including phenoxy) is 1. The minimum atomic E-state index is 0.348. The smallest absolute Gasteiger partial charge is 0.225 e. The molecule has 0 aliphatic carbocycles. The third kappa shape index (κ3) is 2.07. The van der Waals surface area contributed by atoms with Gasteiger partial charge >= 0.3 is 0 Å². The number of hydrogen-bond donors (Lipinski definition) is 0. The lowest BCUT2D eigenvalue weighted by atomic mass is 10.2. The van der Waals surface area contributed by atoms with Crippen LogP contribution in [-0.2, 0) is 6.54 Å². The third-order valence-corrected chi connectivity index (χ3v) is 2.28. The fraction of sp³-hybridized carbons (Fsp3) is 0.222. The molecular formula is C9H9ClN4O. The van der Waals surface area contributed by atoms with E-state index in [0.29, 0.717) is 11.8 Å². The van der Waals surface area contributed by atoms with Gasteiger partial charge in [-0.3, -0.25) is 9.55 Å². The van der Waals surface area contributed by atoms with Gasteiger partial charge in [0.1, 0.15) is 12.1 Å². The van der Waals surface area contributed by atoms with E-state index in [0.717, 1.165) is 11.3 Å². The van der Waals surface area contributed by atoms with Gasteiger partial charge in [0, 0.05) is 18.0 Å². The Morgan fingerprint density at radius 3 is 3.07 bits per heavy atom. The summed E-state index contributed by atoms with van der Waals surface area (Å²) in [4.78, 5) is 4.03. The third-order valence-electron chi connectivity index (χ3n) is 1.99. The van der Waals surface area contributed by atoms with Crippen LogP contribution in [0.15, 0.2) is 24.8 Å². The van der Waals surface area contributed by atoms with E-state index in [1.54, 1.807) is 36.5 Å². The summed E-state index contributed by atoms with van der Waals surface area (Å²) in [5.41, 5.74) is 0.932. The van der Waals surface area contributed by atoms with E-state index in [-0.39, 0.29) is 0 Å². The Bertz CT molecular complexity index is 457. The fourth-order valence-corrected chi connectivity index (χ4v) is 1.41. The zero-order valence-electron chi connectivity index (χ0n) is 8.09. The summed E-state index contributed by atoms with van der Waals surface area (Å²) >= 11 is 5.81. The van der Waals surface area contributed by atoms with Gasteiger partial charge in [-0.1, -0.05) is 0 Å². The highest BCUT2D eigenvalue weighted by Crippen LogP contribution is 2.18. The number of methoxy groups -OCH3 is 1. The van der Waals surface area contributed by atoms with Crippen LogP contribution >= 0.6 is 11.6 Å². The molecule has 5 nitrogen and oxygen atoms in total. The van der Waals surface area contributed by atoms with Gasteiger partial charge in [-0.05, 0) is 17.7 Å². The van der Waals surface area contributed by atoms with Gasteiger partial charge in [-0.2, -0.15) is 0 Å². The first-order chi connectivity index (χ1) is 7.31. The molecule has 78 valence electrons. The highest BCUT2D eigenvalue weighted by atomic mass is 35.5. The number of halogens is 1. The molecular weight excluding hydrogens is 216 g/mol. The maximum atomic E-state index is 5.81. The SMILES string of the molecule is COc1ccncc1Cn1cnnc1Cl. The Labute approximate surface area is 91.7 Å². The first kappa shape index (κ1) is 9.92. The zero-order valence-corrected chi connectivity index (χ0v) is 8.85. The van der Waals surface area contributed by atoms with Crippen LogP contribution < -0.4 is 4.74 Å². The first-order valence-corrected chi connectivity index (χ1v) is 4.69. The zero-order chi connectivity index (χ0) is 10.7. The van der Waals surface area contributed by atoms with Gasteiger partial charge in [0.15, 0.2) is 0 Å². The van der Waals surface area contributed by atoms with Crippen molar-refractivity contribution in [2.75, 3.05) is 7.11 Å². The monoisotopic (exact) mass is 224 g/mol. The molecule has 0 amide bonds. The molecule has 0 aliphatic heterocycles. The predicted molar refractivity (Wildman–Crippen MR) is 54.9 cm³/mol. The second-order valence-corrected chi connectivity index (χ2v) is 3.25. The topological polar surface area (TPSA) is 52.8 Å². The van der Waals surface area contributed by atoms with Crippen molar-refractivity contribution in [1.29, 1.82) is 0 Å². The molecule has 0 aliphatic rings. The second-order valence-electron chi connectivity index (χ2n) is 2.92. The molecule has 0 unspecified atom stereocenters. The van der Waals surface area contributed by atoms with Crippen molar-refractivity contribution < 1.29 is 4.74 Å². The summed E-state index contributed by atoms with van der Waals surface area (Å²) < 4.78 is 6.91. The normalized spacial score (nSPS) is 10.3. The van der Waals surface area contributed by atoms with Crippen LogP contribution in [0.4, 0.5) is 0 Å². The van der Waals surface area contributed by atoms with Crippen molar-refractivity contribution >= 4 is 11.6 Å². The first-order valence-electron chi connectivity index (χ1n) is 4.31. The molecule has 2 aromatic rings. The summed E-state index contributed by atoms with van der Waals surface area (Å²) in [5, 5.41) is 7.73. The predicted octanol–water partition coefficient (Wildman–Crippen LogP) is 1.38. The van der Waals surface area contributed by atoms with Gasteiger partial charge in [0.25, 0.3) is 0 Å². The van der Waals surface area contributed by atoms with Crippen molar-refractivity contribution in [2.24, 2.45) is 0 Å². The molecule has 0 saturated carbocycles. The minimum absolute atomic E-state index is 0.348. The number of pyridine rings is 1. The molecule has 0 spiro atoms. The maximum Gasteiger partial charge on any atom is 0.225 e. The summed E-state index contributed by atoms with van der Waals surface area (Å²) in [6.45, 7) is 0.544. The van der Waals surface area contributed by atoms with Gasteiger partial charge < -0.3 is 4.74 Å². The lowest BCUT2D eigenvalue weighted by molar-refractivity contribution is 0.407. The molecule has 2 rings (SSSR count). The van der Waals surface area contributed by atoms with Crippen LogP contribution in [0.1, 0.15) is 5.56 Å². The van der Waals surface area contributed by atoms with Crippen molar-refractivity contribution in [3.63, 3.8) is 0 Å². The number of aromatic nitrogens is 4. The van der Waals surface area contributed by atoms with Crippen molar-refractivity contribution in [1.82, 2.24) is 19.7 Å². The molecule has 0 bridgehead atoms. The van der Waals surface area contributed by atoms with Gasteiger partial charge in [-0.15, -0.1) is 10.2 Å². The minimum Gasteiger partial charge on any atom is -0.496 e. The Morgan fingerprint density at radius 1 is 1.53 bits per heavy atom. The van der Waals surface area contributed by atoms with Crippen LogP contribution in [0.5, 0.6) is 5.75 Å². The molecule has 0 radical (unpaired) electrons. The van der Waals surface area contributed by atoms with E-state index in [4.69, 9.17) is 16.3 Å². The second kappa shape index (κ2) is 4.27. The lowest BCUT2D eigenvalue weighted by Crippen LogP contribution is -2.01. The van der Waals surface area contributed by atoms with Gasteiger partial charge in [-0.25, -0.2) is 0 Å². The van der Waals surface area contributed by atoms with Gasteiger partial charge in [0.05, 0.1) is 13.7 Å². The molecule has 2 aromatic heterocycles. The van der Waals surface area contributed by atoms with Crippen LogP contribution in [0, 0.1) is 0 Å². The highest BCUT2D eigenvalue weighted by Gasteiger charge is 2.06. The largest absolute Gasteiger partial charge is 0.496 e. The summed E-state index contributed by atoms with van der Waals surface area (Å²) in [7, 11) is 1.62. The summed E-state index contributed by atoms with van der Waals surface area (Å²) in [6.07, 6.45) is 4.97. The molecule has 15 heavy (non-hydrogen) atoms. The average Bonchev–Trinajstić information content (AvgIpc) is 2.65. The highest BCUT2D eigenvalue weighted by molar-refractivity contribution is 6.28. The molecule has 0 aromatic carbocycles. The summed E-state index contributed by atoms with van der Waals surface area (Å²) in [5.74, 6) is 0.773.